The number of rotatable bonds is 12. The third-order valence-electron chi connectivity index (χ3n) is 4.99. The predicted molar refractivity (Wildman–Crippen MR) is 143 cm³/mol. The Morgan fingerprint density at radius 1 is 0.947 bits per heavy atom. The Bertz CT molecular complexity index is 1360. The number of carbonyl (C=O) groups is 2. The first-order valence-corrected chi connectivity index (χ1v) is 13.2. The molecule has 0 aliphatic heterocycles. The monoisotopic (exact) mass is 559 g/mol. The van der Waals surface area contributed by atoms with Crippen molar-refractivity contribution in [2.45, 2.75) is 11.8 Å². The van der Waals surface area contributed by atoms with Crippen LogP contribution in [0.15, 0.2) is 82.8 Å². The van der Waals surface area contributed by atoms with Crippen LogP contribution in [-0.4, -0.2) is 53.4 Å². The van der Waals surface area contributed by atoms with E-state index >= 15 is 0 Å². The largest absolute Gasteiger partial charge is 0.494 e. The van der Waals surface area contributed by atoms with E-state index in [0.29, 0.717) is 28.7 Å². The Morgan fingerprint density at radius 2 is 1.55 bits per heavy atom. The number of amides is 1. The summed E-state index contributed by atoms with van der Waals surface area (Å²) in [6.07, 6.45) is 1.39. The lowest BCUT2D eigenvalue weighted by atomic mass is 10.2. The molecule has 0 bridgehead atoms. The molecule has 0 atom stereocenters. The van der Waals surface area contributed by atoms with Crippen LogP contribution in [0.3, 0.4) is 0 Å². The zero-order chi connectivity index (χ0) is 27.5. The van der Waals surface area contributed by atoms with E-state index < -0.39 is 28.4 Å². The van der Waals surface area contributed by atoms with Crippen molar-refractivity contribution in [2.24, 2.45) is 5.10 Å². The van der Waals surface area contributed by atoms with Crippen LogP contribution in [0, 0.1) is 0 Å². The van der Waals surface area contributed by atoms with Crippen molar-refractivity contribution < 1.29 is 32.2 Å². The number of sulfonamides is 1. The molecule has 10 nitrogen and oxygen atoms in total. The molecule has 3 aromatic carbocycles. The van der Waals surface area contributed by atoms with Gasteiger partial charge in [-0.05, 0) is 85.3 Å². The molecule has 0 aliphatic carbocycles. The van der Waals surface area contributed by atoms with Gasteiger partial charge in [0.15, 0.2) is 6.61 Å². The quantitative estimate of drug-likeness (QED) is 0.204. The van der Waals surface area contributed by atoms with Crippen LogP contribution < -0.4 is 19.2 Å². The van der Waals surface area contributed by atoms with E-state index in [-0.39, 0.29) is 17.2 Å². The van der Waals surface area contributed by atoms with Gasteiger partial charge in [0.2, 0.25) is 0 Å². The van der Waals surface area contributed by atoms with Gasteiger partial charge in [0, 0.05) is 5.02 Å². The van der Waals surface area contributed by atoms with Gasteiger partial charge < -0.3 is 14.2 Å². The molecule has 3 rings (SSSR count). The molecule has 12 heteroatoms. The average molecular weight is 560 g/mol. The summed E-state index contributed by atoms with van der Waals surface area (Å²) in [4.78, 5) is 23.8. The molecule has 0 spiro atoms. The summed E-state index contributed by atoms with van der Waals surface area (Å²) in [7, 11) is -2.84. The summed E-state index contributed by atoms with van der Waals surface area (Å²) < 4.78 is 43.0. The normalized spacial score (nSPS) is 11.1. The molecule has 1 amide bonds. The Labute approximate surface area is 225 Å². The van der Waals surface area contributed by atoms with Crippen LogP contribution in [0.2, 0.25) is 5.02 Å². The first-order valence-electron chi connectivity index (χ1n) is 11.4. The molecule has 0 saturated heterocycles. The fourth-order valence-corrected chi connectivity index (χ4v) is 4.67. The highest BCUT2D eigenvalue weighted by atomic mass is 35.5. The molecule has 38 heavy (non-hydrogen) atoms. The van der Waals surface area contributed by atoms with Gasteiger partial charge >= 0.3 is 5.97 Å². The maximum atomic E-state index is 13.4. The molecule has 0 fully saturated rings. The molecular formula is C26H26ClN3O7S. The molecular weight excluding hydrogens is 534 g/mol. The van der Waals surface area contributed by atoms with Crippen LogP contribution >= 0.6 is 11.6 Å². The second kappa shape index (κ2) is 13.5. The number of ether oxygens (including phenoxy) is 3. The van der Waals surface area contributed by atoms with Crippen molar-refractivity contribution >= 4 is 45.4 Å². The second-order valence-corrected chi connectivity index (χ2v) is 9.92. The van der Waals surface area contributed by atoms with Crippen molar-refractivity contribution in [3.8, 4) is 11.5 Å². The van der Waals surface area contributed by atoms with Gasteiger partial charge in [-0.1, -0.05) is 11.6 Å². The maximum absolute atomic E-state index is 13.4. The van der Waals surface area contributed by atoms with Gasteiger partial charge in [-0.15, -0.1) is 0 Å². The molecule has 0 unspecified atom stereocenters. The molecule has 0 saturated carbocycles. The summed E-state index contributed by atoms with van der Waals surface area (Å²) in [6.45, 7) is 1.54. The van der Waals surface area contributed by atoms with Gasteiger partial charge in [-0.3, -0.25) is 9.10 Å². The van der Waals surface area contributed by atoms with Crippen LogP contribution in [0.5, 0.6) is 11.5 Å². The fourth-order valence-electron chi connectivity index (χ4n) is 3.12. The third kappa shape index (κ3) is 7.95. The fraction of sp³-hybridized carbons (Fsp3) is 0.192. The molecule has 1 N–H and O–H groups in total. The van der Waals surface area contributed by atoms with Crippen molar-refractivity contribution in [1.82, 2.24) is 5.43 Å². The molecule has 0 aliphatic rings. The maximum Gasteiger partial charge on any atom is 0.343 e. The van der Waals surface area contributed by atoms with Crippen LogP contribution in [0.4, 0.5) is 5.69 Å². The summed E-state index contributed by atoms with van der Waals surface area (Å²) in [5.41, 5.74) is 3.25. The number of hydrazone groups is 1. The van der Waals surface area contributed by atoms with Gasteiger partial charge in [-0.2, -0.15) is 5.10 Å². The van der Waals surface area contributed by atoms with E-state index in [0.717, 1.165) is 4.31 Å². The highest BCUT2D eigenvalue weighted by molar-refractivity contribution is 7.92. The van der Waals surface area contributed by atoms with E-state index in [2.05, 4.69) is 15.3 Å². The van der Waals surface area contributed by atoms with Crippen molar-refractivity contribution in [3.63, 3.8) is 0 Å². The van der Waals surface area contributed by atoms with E-state index in [1.807, 2.05) is 6.92 Å². The number of halogens is 1. The number of hydrogen-bond acceptors (Lipinski definition) is 8. The lowest BCUT2D eigenvalue weighted by Gasteiger charge is -2.24. The molecule has 200 valence electrons. The standard InChI is InChI=1S/C26H26ClN3O7S/c1-3-36-22-12-8-21(9-13-22)30(38(33,34)24-14-6-20(27)7-15-24)17-25(31)29-28-16-19-4-10-23(11-5-19)37-18-26(32)35-2/h4-16H,3,17-18H2,1-2H3,(H,29,31)/b28-16-. The molecule has 3 aromatic rings. The third-order valence-corrected chi connectivity index (χ3v) is 7.03. The number of methoxy groups -OCH3 is 1. The zero-order valence-electron chi connectivity index (χ0n) is 20.7. The highest BCUT2D eigenvalue weighted by Crippen LogP contribution is 2.26. The average Bonchev–Trinajstić information content (AvgIpc) is 2.92. The summed E-state index contributed by atoms with van der Waals surface area (Å²) >= 11 is 5.91. The molecule has 0 heterocycles. The van der Waals surface area contributed by atoms with Crippen molar-refractivity contribution in [2.75, 3.05) is 31.2 Å². The number of carbonyl (C=O) groups excluding carboxylic acids is 2. The minimum atomic E-state index is -4.11. The number of nitrogens with zero attached hydrogens (tertiary/aromatic N) is 2. The first kappa shape index (κ1) is 28.5. The Hall–Kier alpha value is -4.09. The van der Waals surface area contributed by atoms with Crippen LogP contribution in [0.25, 0.3) is 0 Å². The number of nitrogens with one attached hydrogen (secondary N) is 1. The molecule has 0 radical (unpaired) electrons. The van der Waals surface area contributed by atoms with E-state index in [9.17, 15) is 18.0 Å². The van der Waals surface area contributed by atoms with E-state index in [1.165, 1.54) is 37.6 Å². The Kier molecular flexibility index (Phi) is 10.1. The number of benzene rings is 3. The first-order chi connectivity index (χ1) is 18.2. The number of anilines is 1. The van der Waals surface area contributed by atoms with E-state index in [4.69, 9.17) is 21.1 Å². The zero-order valence-corrected chi connectivity index (χ0v) is 22.2. The lowest BCUT2D eigenvalue weighted by Crippen LogP contribution is -2.39. The van der Waals surface area contributed by atoms with Crippen molar-refractivity contribution in [3.05, 3.63) is 83.4 Å². The van der Waals surface area contributed by atoms with Gasteiger partial charge in [0.1, 0.15) is 18.0 Å². The van der Waals surface area contributed by atoms with Crippen LogP contribution in [-0.2, 0) is 24.3 Å². The van der Waals surface area contributed by atoms with Crippen LogP contribution in [0.1, 0.15) is 12.5 Å². The summed E-state index contributed by atoms with van der Waals surface area (Å²) in [5, 5.41) is 4.29. The number of hydrogen-bond donors (Lipinski definition) is 1. The minimum absolute atomic E-state index is 0.0263. The summed E-state index contributed by atoms with van der Waals surface area (Å²) in [6, 6.07) is 18.6. The van der Waals surface area contributed by atoms with E-state index in [1.54, 1.807) is 48.5 Å². The van der Waals surface area contributed by atoms with Crippen molar-refractivity contribution in [1.29, 1.82) is 0 Å². The smallest absolute Gasteiger partial charge is 0.343 e. The second-order valence-electron chi connectivity index (χ2n) is 7.62. The lowest BCUT2D eigenvalue weighted by molar-refractivity contribution is -0.142. The Balaban J connectivity index is 1.72. The van der Waals surface area contributed by atoms with Gasteiger partial charge in [0.05, 0.1) is 30.5 Å². The van der Waals surface area contributed by atoms with Gasteiger partial charge in [0.25, 0.3) is 15.9 Å². The number of esters is 1. The highest BCUT2D eigenvalue weighted by Gasteiger charge is 2.27. The topological polar surface area (TPSA) is 124 Å². The minimum Gasteiger partial charge on any atom is -0.494 e. The molecule has 0 aromatic heterocycles. The predicted octanol–water partition coefficient (Wildman–Crippen LogP) is 3.64. The van der Waals surface area contributed by atoms with Gasteiger partial charge in [-0.25, -0.2) is 18.6 Å². The SMILES string of the molecule is CCOc1ccc(N(CC(=O)N/N=C\c2ccc(OCC(=O)OC)cc2)S(=O)(=O)c2ccc(Cl)cc2)cc1. The summed E-state index contributed by atoms with van der Waals surface area (Å²) in [5.74, 6) is -0.146. The Morgan fingerprint density at radius 3 is 2.16 bits per heavy atom.